The largest absolute Gasteiger partial charge is 0.468 e. The Morgan fingerprint density at radius 3 is 2.65 bits per heavy atom. The first-order valence-electron chi connectivity index (χ1n) is 6.08. The molecule has 0 spiro atoms. The van der Waals surface area contributed by atoms with Crippen LogP contribution in [0.3, 0.4) is 0 Å². The Bertz CT molecular complexity index is 527. The summed E-state index contributed by atoms with van der Waals surface area (Å²) in [6.07, 6.45) is 3.12. The lowest BCUT2D eigenvalue weighted by Gasteiger charge is -2.24. The Kier molecular flexibility index (Phi) is 5.66. The highest BCUT2D eigenvalue weighted by molar-refractivity contribution is 7.87. The van der Waals surface area contributed by atoms with Gasteiger partial charge in [0.05, 0.1) is 13.4 Å². The summed E-state index contributed by atoms with van der Waals surface area (Å²) < 4.78 is 32.3. The molecule has 1 heterocycles. The molecule has 0 fully saturated rings. The van der Waals surface area contributed by atoms with Crippen LogP contribution in [0.1, 0.15) is 19.5 Å². The first-order chi connectivity index (χ1) is 9.27. The van der Waals surface area contributed by atoms with Crippen molar-refractivity contribution in [3.05, 3.63) is 18.2 Å². The molecule has 9 heteroatoms. The van der Waals surface area contributed by atoms with Gasteiger partial charge in [0, 0.05) is 31.4 Å². The third-order valence-electron chi connectivity index (χ3n) is 2.86. The second-order valence-electron chi connectivity index (χ2n) is 4.59. The number of H-pyrrole nitrogens is 1. The van der Waals surface area contributed by atoms with E-state index in [2.05, 4.69) is 19.4 Å². The van der Waals surface area contributed by atoms with Crippen molar-refractivity contribution < 1.29 is 17.9 Å². The third kappa shape index (κ3) is 4.29. The van der Waals surface area contributed by atoms with Crippen LogP contribution in [0.4, 0.5) is 0 Å². The number of aromatic nitrogens is 2. The number of rotatable bonds is 7. The van der Waals surface area contributed by atoms with E-state index in [0.717, 1.165) is 4.31 Å². The maximum Gasteiger partial charge on any atom is 0.324 e. The molecule has 8 nitrogen and oxygen atoms in total. The van der Waals surface area contributed by atoms with Gasteiger partial charge in [0.2, 0.25) is 0 Å². The molecule has 0 aromatic carbocycles. The van der Waals surface area contributed by atoms with E-state index >= 15 is 0 Å². The van der Waals surface area contributed by atoms with Crippen molar-refractivity contribution in [3.63, 3.8) is 0 Å². The molecule has 0 saturated carbocycles. The molecule has 0 aliphatic carbocycles. The lowest BCUT2D eigenvalue weighted by Crippen LogP contribution is -2.50. The van der Waals surface area contributed by atoms with Crippen molar-refractivity contribution in [1.29, 1.82) is 0 Å². The van der Waals surface area contributed by atoms with Gasteiger partial charge in [-0.2, -0.15) is 17.4 Å². The average Bonchev–Trinajstić information content (AvgIpc) is 2.88. The molecule has 0 unspecified atom stereocenters. The Hall–Kier alpha value is -1.45. The number of carbonyl (C=O) groups excluding carboxylic acids is 1. The van der Waals surface area contributed by atoms with Crippen molar-refractivity contribution in [3.8, 4) is 0 Å². The predicted octanol–water partition coefficient (Wildman–Crippen LogP) is -0.332. The lowest BCUT2D eigenvalue weighted by molar-refractivity contribution is -0.142. The van der Waals surface area contributed by atoms with E-state index in [1.54, 1.807) is 13.8 Å². The van der Waals surface area contributed by atoms with Gasteiger partial charge < -0.3 is 9.72 Å². The number of hydrogen-bond acceptors (Lipinski definition) is 5. The van der Waals surface area contributed by atoms with Crippen LogP contribution in [0.15, 0.2) is 12.5 Å². The predicted molar refractivity (Wildman–Crippen MR) is 73.1 cm³/mol. The summed E-state index contributed by atoms with van der Waals surface area (Å²) in [7, 11) is -1.12. The maximum absolute atomic E-state index is 12.1. The second-order valence-corrected chi connectivity index (χ2v) is 6.35. The highest BCUT2D eigenvalue weighted by atomic mass is 32.2. The minimum absolute atomic E-state index is 0.137. The van der Waals surface area contributed by atoms with Gasteiger partial charge in [0.1, 0.15) is 6.04 Å². The quantitative estimate of drug-likeness (QED) is 0.671. The van der Waals surface area contributed by atoms with Crippen LogP contribution in [0.2, 0.25) is 0 Å². The highest BCUT2D eigenvalue weighted by Crippen LogP contribution is 2.06. The number of carbonyl (C=O) groups is 1. The number of imidazole rings is 1. The topological polar surface area (TPSA) is 104 Å². The van der Waals surface area contributed by atoms with Crippen molar-refractivity contribution >= 4 is 16.2 Å². The van der Waals surface area contributed by atoms with Gasteiger partial charge in [0.15, 0.2) is 0 Å². The van der Waals surface area contributed by atoms with Crippen molar-refractivity contribution in [2.45, 2.75) is 32.4 Å². The van der Waals surface area contributed by atoms with Crippen molar-refractivity contribution in [2.75, 3.05) is 14.2 Å². The van der Waals surface area contributed by atoms with Crippen LogP contribution in [0.25, 0.3) is 0 Å². The van der Waals surface area contributed by atoms with Gasteiger partial charge in [-0.3, -0.25) is 4.79 Å². The number of ether oxygens (including phenoxy) is 1. The number of hydrogen-bond donors (Lipinski definition) is 2. The average molecular weight is 304 g/mol. The van der Waals surface area contributed by atoms with Gasteiger partial charge in [-0.25, -0.2) is 4.98 Å². The molecular formula is C11H20N4O4S. The molecule has 1 atom stereocenters. The highest BCUT2D eigenvalue weighted by Gasteiger charge is 2.29. The number of aromatic amines is 1. The zero-order chi connectivity index (χ0) is 15.3. The smallest absolute Gasteiger partial charge is 0.324 e. The summed E-state index contributed by atoms with van der Waals surface area (Å²) in [5.41, 5.74) is 0.635. The summed E-state index contributed by atoms with van der Waals surface area (Å²) in [6.45, 7) is 3.47. The van der Waals surface area contributed by atoms with E-state index in [4.69, 9.17) is 0 Å². The van der Waals surface area contributed by atoms with Crippen LogP contribution in [0, 0.1) is 0 Å². The van der Waals surface area contributed by atoms with Gasteiger partial charge in [0.25, 0.3) is 10.2 Å². The van der Waals surface area contributed by atoms with Crippen LogP contribution in [-0.4, -0.2) is 54.9 Å². The fraction of sp³-hybridized carbons (Fsp3) is 0.636. The summed E-state index contributed by atoms with van der Waals surface area (Å²) in [5, 5.41) is 0. The van der Waals surface area contributed by atoms with E-state index < -0.39 is 22.2 Å². The molecule has 0 aliphatic heterocycles. The number of methoxy groups -OCH3 is 1. The maximum atomic E-state index is 12.1. The second kappa shape index (κ2) is 6.82. The van der Waals surface area contributed by atoms with E-state index in [1.807, 2.05) is 0 Å². The Morgan fingerprint density at radius 2 is 2.20 bits per heavy atom. The van der Waals surface area contributed by atoms with Gasteiger partial charge in [-0.1, -0.05) is 0 Å². The number of nitrogens with one attached hydrogen (secondary N) is 2. The molecule has 0 saturated heterocycles. The van der Waals surface area contributed by atoms with Crippen molar-refractivity contribution in [1.82, 2.24) is 19.0 Å². The molecule has 0 aliphatic rings. The van der Waals surface area contributed by atoms with E-state index in [0.29, 0.717) is 5.69 Å². The normalized spacial score (nSPS) is 13.7. The number of esters is 1. The van der Waals surface area contributed by atoms with Gasteiger partial charge in [-0.05, 0) is 13.8 Å². The molecule has 20 heavy (non-hydrogen) atoms. The molecule has 114 valence electrons. The van der Waals surface area contributed by atoms with Gasteiger partial charge >= 0.3 is 5.97 Å². The van der Waals surface area contributed by atoms with E-state index in [-0.39, 0.29) is 12.5 Å². The molecule has 0 amide bonds. The van der Waals surface area contributed by atoms with Gasteiger partial charge in [-0.15, -0.1) is 0 Å². The van der Waals surface area contributed by atoms with Crippen LogP contribution in [-0.2, 0) is 26.2 Å². The van der Waals surface area contributed by atoms with Crippen LogP contribution >= 0.6 is 0 Å². The standard InChI is InChI=1S/C11H20N4O4S/c1-8(2)15(3)20(17,18)14-10(11(16)19-4)5-9-6-12-7-13-9/h6-8,10,14H,5H2,1-4H3,(H,12,13)/t10-/m0/s1. The Labute approximate surface area is 118 Å². The monoisotopic (exact) mass is 304 g/mol. The first kappa shape index (κ1) is 16.6. The zero-order valence-electron chi connectivity index (χ0n) is 12.0. The fourth-order valence-electron chi connectivity index (χ4n) is 1.47. The summed E-state index contributed by atoms with van der Waals surface area (Å²) in [5.74, 6) is -0.652. The molecule has 1 rings (SSSR count). The van der Waals surface area contributed by atoms with E-state index in [9.17, 15) is 13.2 Å². The van der Waals surface area contributed by atoms with Crippen molar-refractivity contribution in [2.24, 2.45) is 0 Å². The molecule has 0 radical (unpaired) electrons. The zero-order valence-corrected chi connectivity index (χ0v) is 12.8. The summed E-state index contributed by atoms with van der Waals surface area (Å²) >= 11 is 0. The molecule has 0 bridgehead atoms. The Balaban J connectivity index is 2.87. The van der Waals surface area contributed by atoms with E-state index in [1.165, 1.54) is 26.7 Å². The summed E-state index contributed by atoms with van der Waals surface area (Å²) in [4.78, 5) is 18.3. The minimum atomic E-state index is -3.77. The molecule has 1 aromatic rings. The first-order valence-corrected chi connectivity index (χ1v) is 7.52. The fourth-order valence-corrected chi connectivity index (χ4v) is 2.73. The lowest BCUT2D eigenvalue weighted by atomic mass is 10.2. The molecule has 2 N–H and O–H groups in total. The third-order valence-corrected chi connectivity index (χ3v) is 4.62. The van der Waals surface area contributed by atoms with Crippen LogP contribution in [0.5, 0.6) is 0 Å². The number of nitrogens with zero attached hydrogens (tertiary/aromatic N) is 2. The molecular weight excluding hydrogens is 284 g/mol. The summed E-state index contributed by atoms with van der Waals surface area (Å²) in [6, 6.07) is -1.23. The minimum Gasteiger partial charge on any atom is -0.468 e. The SMILES string of the molecule is COC(=O)[C@H](Cc1cnc[nH]1)NS(=O)(=O)N(C)C(C)C. The Morgan fingerprint density at radius 1 is 1.55 bits per heavy atom. The molecule has 1 aromatic heterocycles. The van der Waals surface area contributed by atoms with Crippen LogP contribution < -0.4 is 4.72 Å².